The molecule has 10 heteroatoms. The van der Waals surface area contributed by atoms with Crippen molar-refractivity contribution in [1.29, 1.82) is 0 Å². The van der Waals surface area contributed by atoms with E-state index in [4.69, 9.17) is 0 Å². The Morgan fingerprint density at radius 3 is 2.15 bits per heavy atom. The zero-order valence-electron chi connectivity index (χ0n) is 13.9. The van der Waals surface area contributed by atoms with Crippen molar-refractivity contribution in [3.63, 3.8) is 0 Å². The molecule has 3 rings (SSSR count). The van der Waals surface area contributed by atoms with Gasteiger partial charge in [-0.2, -0.15) is 37.7 Å². The maximum absolute atomic E-state index is 13.6. The van der Waals surface area contributed by atoms with Crippen LogP contribution in [0.1, 0.15) is 28.3 Å². The number of alkyl halides is 6. The van der Waals surface area contributed by atoms with Crippen molar-refractivity contribution in [2.75, 3.05) is 26.2 Å². The molecule has 1 fully saturated rings. The molecule has 0 spiro atoms. The van der Waals surface area contributed by atoms with Gasteiger partial charge in [-0.25, -0.2) is 0 Å². The molecular weight excluding hydrogens is 414 g/mol. The summed E-state index contributed by atoms with van der Waals surface area (Å²) in [6.45, 7) is 2.25. The van der Waals surface area contributed by atoms with E-state index in [1.165, 1.54) is 11.3 Å². The van der Waals surface area contributed by atoms with Crippen LogP contribution >= 0.6 is 23.7 Å². The van der Waals surface area contributed by atoms with Gasteiger partial charge in [0.05, 0.1) is 17.2 Å². The Morgan fingerprint density at radius 1 is 0.963 bits per heavy atom. The fraction of sp³-hybridized carbons (Fsp3) is 0.412. The van der Waals surface area contributed by atoms with Gasteiger partial charge in [-0.05, 0) is 40.1 Å². The Labute approximate surface area is 162 Å². The minimum atomic E-state index is -4.88. The van der Waals surface area contributed by atoms with Crippen LogP contribution in [-0.4, -0.2) is 31.1 Å². The molecule has 0 bridgehead atoms. The minimum Gasteiger partial charge on any atom is -0.314 e. The Balaban J connectivity index is 0.00000261. The van der Waals surface area contributed by atoms with E-state index in [0.29, 0.717) is 31.7 Å². The molecule has 0 radical (unpaired) electrons. The van der Waals surface area contributed by atoms with Crippen molar-refractivity contribution in [1.82, 2.24) is 10.2 Å². The molecule has 0 aliphatic carbocycles. The van der Waals surface area contributed by atoms with Crippen LogP contribution in [0, 0.1) is 0 Å². The number of benzene rings is 1. The molecule has 27 heavy (non-hydrogen) atoms. The van der Waals surface area contributed by atoms with E-state index in [-0.39, 0.29) is 24.0 Å². The first-order chi connectivity index (χ1) is 12.2. The lowest BCUT2D eigenvalue weighted by molar-refractivity contribution is -0.143. The normalized spacial score (nSPS) is 17.4. The summed E-state index contributed by atoms with van der Waals surface area (Å²) in [4.78, 5) is 1.87. The monoisotopic (exact) mass is 430 g/mol. The first kappa shape index (κ1) is 22.0. The Bertz CT molecular complexity index is 739. The average molecular weight is 431 g/mol. The summed E-state index contributed by atoms with van der Waals surface area (Å²) >= 11 is 1.34. The van der Waals surface area contributed by atoms with E-state index in [1.54, 1.807) is 16.8 Å². The van der Waals surface area contributed by atoms with Gasteiger partial charge in [0, 0.05) is 26.2 Å². The molecule has 0 amide bonds. The lowest BCUT2D eigenvalue weighted by Gasteiger charge is -2.36. The standard InChI is InChI=1S/C17H16F6N2S.ClH/c18-16(19,20)12-1-2-13(14(9-12)17(21,22)23)15(11-3-8-26-10-11)25-6-4-24-5-7-25;/h1-3,8-10,15,24H,4-7H2;1H/t15-;/m1./s1. The highest BCUT2D eigenvalue weighted by Crippen LogP contribution is 2.42. The van der Waals surface area contributed by atoms with Crippen molar-refractivity contribution in [3.05, 3.63) is 57.3 Å². The highest BCUT2D eigenvalue weighted by atomic mass is 35.5. The summed E-state index contributed by atoms with van der Waals surface area (Å²) in [5.41, 5.74) is -2.02. The third kappa shape index (κ3) is 4.96. The van der Waals surface area contributed by atoms with Gasteiger partial charge >= 0.3 is 12.4 Å². The van der Waals surface area contributed by atoms with Gasteiger partial charge < -0.3 is 5.32 Å². The lowest BCUT2D eigenvalue weighted by atomic mass is 9.92. The third-order valence-corrected chi connectivity index (χ3v) is 5.06. The predicted octanol–water partition coefficient (Wildman–Crippen LogP) is 5.20. The third-order valence-electron chi connectivity index (χ3n) is 4.36. The van der Waals surface area contributed by atoms with Crippen LogP contribution in [0.4, 0.5) is 26.3 Å². The molecule has 1 aromatic heterocycles. The van der Waals surface area contributed by atoms with Gasteiger partial charge in [-0.3, -0.25) is 4.90 Å². The number of rotatable bonds is 3. The largest absolute Gasteiger partial charge is 0.416 e. The van der Waals surface area contributed by atoms with Gasteiger partial charge in [0.15, 0.2) is 0 Å². The summed E-state index contributed by atoms with van der Waals surface area (Å²) < 4.78 is 79.6. The minimum absolute atomic E-state index is 0. The molecule has 1 aromatic carbocycles. The molecule has 0 saturated carbocycles. The zero-order valence-corrected chi connectivity index (χ0v) is 15.5. The Kier molecular flexibility index (Phi) is 6.83. The smallest absolute Gasteiger partial charge is 0.314 e. The van der Waals surface area contributed by atoms with E-state index < -0.39 is 29.5 Å². The van der Waals surface area contributed by atoms with Crippen LogP contribution in [0.5, 0.6) is 0 Å². The number of piperazine rings is 1. The van der Waals surface area contributed by atoms with Crippen LogP contribution in [0.2, 0.25) is 0 Å². The fourth-order valence-corrected chi connectivity index (χ4v) is 3.85. The van der Waals surface area contributed by atoms with Gasteiger partial charge in [-0.1, -0.05) is 6.07 Å². The van der Waals surface area contributed by atoms with Crippen molar-refractivity contribution in [2.24, 2.45) is 0 Å². The van der Waals surface area contributed by atoms with Crippen LogP contribution < -0.4 is 5.32 Å². The van der Waals surface area contributed by atoms with E-state index in [1.807, 2.05) is 4.90 Å². The first-order valence-corrected chi connectivity index (χ1v) is 8.87. The number of hydrogen-bond donors (Lipinski definition) is 1. The van der Waals surface area contributed by atoms with Gasteiger partial charge in [-0.15, -0.1) is 12.4 Å². The van der Waals surface area contributed by atoms with Gasteiger partial charge in [0.25, 0.3) is 0 Å². The fourth-order valence-electron chi connectivity index (χ4n) is 3.17. The van der Waals surface area contributed by atoms with Crippen LogP contribution in [0.15, 0.2) is 35.0 Å². The first-order valence-electron chi connectivity index (χ1n) is 7.93. The maximum atomic E-state index is 13.6. The van der Waals surface area contributed by atoms with Crippen molar-refractivity contribution in [2.45, 2.75) is 18.4 Å². The van der Waals surface area contributed by atoms with Gasteiger partial charge in [0.1, 0.15) is 0 Å². The molecule has 1 saturated heterocycles. The molecule has 0 unspecified atom stereocenters. The van der Waals surface area contributed by atoms with Crippen molar-refractivity contribution in [3.8, 4) is 0 Å². The summed E-state index contributed by atoms with van der Waals surface area (Å²) in [7, 11) is 0. The quantitative estimate of drug-likeness (QED) is 0.673. The highest BCUT2D eigenvalue weighted by Gasteiger charge is 2.40. The van der Waals surface area contributed by atoms with E-state index in [9.17, 15) is 26.3 Å². The number of nitrogens with one attached hydrogen (secondary N) is 1. The molecule has 1 aliphatic heterocycles. The molecule has 150 valence electrons. The van der Waals surface area contributed by atoms with Crippen molar-refractivity contribution < 1.29 is 26.3 Å². The molecule has 2 heterocycles. The number of hydrogen-bond acceptors (Lipinski definition) is 3. The highest BCUT2D eigenvalue weighted by molar-refractivity contribution is 7.08. The molecule has 2 aromatic rings. The Hall–Kier alpha value is -1.29. The molecule has 2 nitrogen and oxygen atoms in total. The molecule has 1 N–H and O–H groups in total. The maximum Gasteiger partial charge on any atom is 0.416 e. The second-order valence-electron chi connectivity index (χ2n) is 6.04. The van der Waals surface area contributed by atoms with E-state index in [0.717, 1.165) is 12.1 Å². The predicted molar refractivity (Wildman–Crippen MR) is 94.3 cm³/mol. The second kappa shape index (κ2) is 8.38. The van der Waals surface area contributed by atoms with Gasteiger partial charge in [0.2, 0.25) is 0 Å². The van der Waals surface area contributed by atoms with E-state index in [2.05, 4.69) is 5.32 Å². The molecule has 1 atom stereocenters. The summed E-state index contributed by atoms with van der Waals surface area (Å²) in [5, 5.41) is 6.62. The SMILES string of the molecule is Cl.FC(F)(F)c1ccc([C@@H](c2ccsc2)N2CCNCC2)c(C(F)(F)F)c1. The Morgan fingerprint density at radius 2 is 1.63 bits per heavy atom. The number of thiophene rings is 1. The molecule has 1 aliphatic rings. The van der Waals surface area contributed by atoms with Crippen LogP contribution in [0.25, 0.3) is 0 Å². The number of nitrogens with zero attached hydrogens (tertiary/aromatic N) is 1. The number of halogens is 7. The lowest BCUT2D eigenvalue weighted by Crippen LogP contribution is -2.45. The second-order valence-corrected chi connectivity index (χ2v) is 6.82. The average Bonchev–Trinajstić information content (AvgIpc) is 3.08. The summed E-state index contributed by atoms with van der Waals surface area (Å²) in [5.74, 6) is 0. The van der Waals surface area contributed by atoms with Crippen LogP contribution in [-0.2, 0) is 12.4 Å². The molecular formula is C17H17ClF6N2S. The van der Waals surface area contributed by atoms with Crippen LogP contribution in [0.3, 0.4) is 0 Å². The summed E-state index contributed by atoms with van der Waals surface area (Å²) in [6, 6.07) is 2.90. The topological polar surface area (TPSA) is 15.3 Å². The zero-order chi connectivity index (χ0) is 18.9. The van der Waals surface area contributed by atoms with Crippen molar-refractivity contribution >= 4 is 23.7 Å². The van der Waals surface area contributed by atoms with E-state index >= 15 is 0 Å². The summed E-state index contributed by atoms with van der Waals surface area (Å²) in [6.07, 6.45) is -9.70.